The van der Waals surface area contributed by atoms with E-state index in [1.54, 1.807) is 6.20 Å². The Morgan fingerprint density at radius 1 is 0.511 bits per heavy atom. The van der Waals surface area contributed by atoms with Crippen LogP contribution in [0.15, 0.2) is 146 Å². The van der Waals surface area contributed by atoms with Crippen molar-refractivity contribution in [3.63, 3.8) is 0 Å². The number of hydrogen-bond donors (Lipinski definition) is 0. The van der Waals surface area contributed by atoms with Crippen LogP contribution in [-0.4, -0.2) is 15.0 Å². The quantitative estimate of drug-likeness (QED) is 0.197. The largest absolute Gasteiger partial charge is 0.264 e. The second-order valence-corrected chi connectivity index (χ2v) is 12.5. The summed E-state index contributed by atoms with van der Waals surface area (Å²) in [5.41, 5.74) is 14.4. The first-order valence-electron chi connectivity index (χ1n) is 15.7. The van der Waals surface area contributed by atoms with Crippen LogP contribution in [0.5, 0.6) is 0 Å². The number of hydrogen-bond acceptors (Lipinski definition) is 4. The van der Waals surface area contributed by atoms with Gasteiger partial charge in [-0.05, 0) is 87.5 Å². The van der Waals surface area contributed by atoms with Crippen molar-refractivity contribution in [1.82, 2.24) is 15.0 Å². The van der Waals surface area contributed by atoms with Crippen molar-refractivity contribution in [2.45, 2.75) is 19.3 Å². The summed E-state index contributed by atoms with van der Waals surface area (Å²) < 4.78 is 0. The monoisotopic (exact) mass is 602 g/mol. The van der Waals surface area contributed by atoms with Gasteiger partial charge in [0.25, 0.3) is 0 Å². The minimum atomic E-state index is -0.237. The first kappa shape index (κ1) is 28.3. The molecular weight excluding hydrogens is 573 g/mol. The third-order valence-electron chi connectivity index (χ3n) is 9.19. The van der Waals surface area contributed by atoms with Crippen LogP contribution in [0.3, 0.4) is 0 Å². The number of nitriles is 1. The predicted octanol–water partition coefficient (Wildman–Crippen LogP) is 10.4. The van der Waals surface area contributed by atoms with Crippen molar-refractivity contribution in [3.8, 4) is 73.4 Å². The molecule has 7 aromatic rings. The summed E-state index contributed by atoms with van der Waals surface area (Å²) in [5, 5.41) is 9.59. The summed E-state index contributed by atoms with van der Waals surface area (Å²) in [6.07, 6.45) is 3.71. The summed E-state index contributed by atoms with van der Waals surface area (Å²) in [4.78, 5) is 14.6. The number of rotatable bonds is 5. The van der Waals surface area contributed by atoms with Gasteiger partial charge in [0.1, 0.15) is 0 Å². The highest BCUT2D eigenvalue weighted by molar-refractivity contribution is 5.86. The first-order valence-corrected chi connectivity index (χ1v) is 15.7. The lowest BCUT2D eigenvalue weighted by Crippen LogP contribution is -2.15. The van der Waals surface area contributed by atoms with E-state index < -0.39 is 0 Å². The maximum absolute atomic E-state index is 9.59. The molecule has 5 aromatic carbocycles. The van der Waals surface area contributed by atoms with Crippen LogP contribution in [0.2, 0.25) is 0 Å². The van der Waals surface area contributed by atoms with Crippen LogP contribution in [-0.2, 0) is 5.41 Å². The molecular formula is C43H30N4. The minimum Gasteiger partial charge on any atom is -0.264 e. The Balaban J connectivity index is 1.32. The SMILES string of the molecule is CC1(C)c2cc(C#N)ccc2-c2ccc(-c3cc(-c4cccnc4)cc(-c4cc(-c5ccccc5)nc(-c5ccccc5)n4)c3)cc21. The van der Waals surface area contributed by atoms with Gasteiger partial charge < -0.3 is 0 Å². The van der Waals surface area contributed by atoms with E-state index in [4.69, 9.17) is 9.97 Å². The van der Waals surface area contributed by atoms with E-state index in [-0.39, 0.29) is 5.41 Å². The molecule has 0 N–H and O–H groups in total. The topological polar surface area (TPSA) is 62.5 Å². The van der Waals surface area contributed by atoms with Gasteiger partial charge in [-0.2, -0.15) is 5.26 Å². The molecule has 222 valence electrons. The van der Waals surface area contributed by atoms with Gasteiger partial charge in [-0.1, -0.05) is 98.8 Å². The Labute approximate surface area is 274 Å². The van der Waals surface area contributed by atoms with Crippen LogP contribution in [0.1, 0.15) is 30.5 Å². The van der Waals surface area contributed by atoms with Crippen LogP contribution in [0.25, 0.3) is 67.3 Å². The molecule has 0 radical (unpaired) electrons. The van der Waals surface area contributed by atoms with E-state index in [1.807, 2.05) is 60.8 Å². The van der Waals surface area contributed by atoms with Gasteiger partial charge in [0.2, 0.25) is 0 Å². The summed E-state index contributed by atoms with van der Waals surface area (Å²) in [7, 11) is 0. The van der Waals surface area contributed by atoms with E-state index in [9.17, 15) is 5.26 Å². The minimum absolute atomic E-state index is 0.237. The third-order valence-corrected chi connectivity index (χ3v) is 9.19. The third kappa shape index (κ3) is 5.09. The zero-order chi connectivity index (χ0) is 32.0. The van der Waals surface area contributed by atoms with Gasteiger partial charge in [-0.25, -0.2) is 9.97 Å². The maximum atomic E-state index is 9.59. The van der Waals surface area contributed by atoms with E-state index in [0.717, 1.165) is 50.3 Å². The van der Waals surface area contributed by atoms with Crippen molar-refractivity contribution < 1.29 is 0 Å². The second-order valence-electron chi connectivity index (χ2n) is 12.5. The van der Waals surface area contributed by atoms with Crippen molar-refractivity contribution in [2.75, 3.05) is 0 Å². The first-order chi connectivity index (χ1) is 23.0. The number of fused-ring (bicyclic) bond motifs is 3. The van der Waals surface area contributed by atoms with Gasteiger partial charge in [0, 0.05) is 40.1 Å². The molecule has 0 fully saturated rings. The summed E-state index contributed by atoms with van der Waals surface area (Å²) in [6.45, 7) is 4.49. The van der Waals surface area contributed by atoms with E-state index in [2.05, 4.69) is 104 Å². The molecule has 47 heavy (non-hydrogen) atoms. The molecule has 0 atom stereocenters. The van der Waals surface area contributed by atoms with Gasteiger partial charge >= 0.3 is 0 Å². The van der Waals surface area contributed by atoms with Crippen LogP contribution < -0.4 is 0 Å². The van der Waals surface area contributed by atoms with Crippen LogP contribution >= 0.6 is 0 Å². The van der Waals surface area contributed by atoms with Crippen molar-refractivity contribution in [2.24, 2.45) is 0 Å². The Morgan fingerprint density at radius 2 is 1.11 bits per heavy atom. The molecule has 8 rings (SSSR count). The second kappa shape index (κ2) is 11.3. The molecule has 4 heteroatoms. The number of pyridine rings is 1. The van der Waals surface area contributed by atoms with Crippen molar-refractivity contribution in [3.05, 3.63) is 163 Å². The fourth-order valence-electron chi connectivity index (χ4n) is 6.70. The summed E-state index contributed by atoms with van der Waals surface area (Å²) >= 11 is 0. The van der Waals surface area contributed by atoms with Crippen molar-refractivity contribution in [1.29, 1.82) is 5.26 Å². The molecule has 2 aromatic heterocycles. The molecule has 1 aliphatic carbocycles. The average Bonchev–Trinajstić information content (AvgIpc) is 3.37. The van der Waals surface area contributed by atoms with E-state index in [0.29, 0.717) is 11.4 Å². The summed E-state index contributed by atoms with van der Waals surface area (Å²) in [5.74, 6) is 0.684. The molecule has 0 saturated heterocycles. The fourth-order valence-corrected chi connectivity index (χ4v) is 6.70. The van der Waals surface area contributed by atoms with Gasteiger partial charge in [-0.15, -0.1) is 0 Å². The lowest BCUT2D eigenvalue weighted by molar-refractivity contribution is 0.660. The number of nitrogens with zero attached hydrogens (tertiary/aromatic N) is 4. The van der Waals surface area contributed by atoms with E-state index >= 15 is 0 Å². The Hall–Kier alpha value is -6.18. The standard InChI is InChI=1S/C43H30N4/c1-43(2)38-20-28(26-44)15-17-36(38)37-18-16-31(24-39(37)43)33-21-34(32-14-9-19-45-27-32)23-35(22-33)41-25-40(29-10-5-3-6-11-29)46-42(47-41)30-12-7-4-8-13-30/h3-25,27H,1-2H3. The lowest BCUT2D eigenvalue weighted by Gasteiger charge is -2.22. The normalized spacial score (nSPS) is 12.6. The Morgan fingerprint density at radius 3 is 1.79 bits per heavy atom. The molecule has 0 amide bonds. The molecule has 0 bridgehead atoms. The van der Waals surface area contributed by atoms with Crippen molar-refractivity contribution >= 4 is 0 Å². The number of benzene rings is 5. The van der Waals surface area contributed by atoms with Gasteiger partial charge in [-0.3, -0.25) is 4.98 Å². The van der Waals surface area contributed by atoms with Crippen LogP contribution in [0, 0.1) is 11.3 Å². The highest BCUT2D eigenvalue weighted by Crippen LogP contribution is 2.50. The molecule has 0 unspecified atom stereocenters. The fraction of sp³-hybridized carbons (Fsp3) is 0.0698. The highest BCUT2D eigenvalue weighted by atomic mass is 14.9. The summed E-state index contributed by atoms with van der Waals surface area (Å²) in [6, 6.07) is 48.3. The maximum Gasteiger partial charge on any atom is 0.160 e. The molecule has 4 nitrogen and oxygen atoms in total. The molecule has 2 heterocycles. The Bertz CT molecular complexity index is 2260. The molecule has 0 spiro atoms. The zero-order valence-electron chi connectivity index (χ0n) is 26.1. The lowest BCUT2D eigenvalue weighted by atomic mass is 9.81. The Kier molecular flexibility index (Phi) is 6.82. The molecule has 0 saturated carbocycles. The van der Waals surface area contributed by atoms with E-state index in [1.165, 1.54) is 22.3 Å². The van der Waals surface area contributed by atoms with Crippen LogP contribution in [0.4, 0.5) is 0 Å². The molecule has 1 aliphatic rings. The average molecular weight is 603 g/mol. The number of aromatic nitrogens is 3. The molecule has 0 aliphatic heterocycles. The van der Waals surface area contributed by atoms with Gasteiger partial charge in [0.15, 0.2) is 5.82 Å². The van der Waals surface area contributed by atoms with Gasteiger partial charge in [0.05, 0.1) is 23.0 Å². The zero-order valence-corrected chi connectivity index (χ0v) is 26.1. The predicted molar refractivity (Wildman–Crippen MR) is 189 cm³/mol. The highest BCUT2D eigenvalue weighted by Gasteiger charge is 2.35. The smallest absolute Gasteiger partial charge is 0.160 e.